The van der Waals surface area contributed by atoms with Gasteiger partial charge in [-0.05, 0) is 18.8 Å². The summed E-state index contributed by atoms with van der Waals surface area (Å²) in [5.74, 6) is -0.587. The second kappa shape index (κ2) is 8.43. The highest BCUT2D eigenvalue weighted by Crippen LogP contribution is 2.23. The van der Waals surface area contributed by atoms with E-state index in [0.717, 1.165) is 19.3 Å². The van der Waals surface area contributed by atoms with Crippen LogP contribution in [0.2, 0.25) is 0 Å². The number of methoxy groups -OCH3 is 1. The predicted molar refractivity (Wildman–Crippen MR) is 86.1 cm³/mol. The van der Waals surface area contributed by atoms with E-state index in [-0.39, 0.29) is 25.6 Å². The van der Waals surface area contributed by atoms with Crippen LogP contribution in [0.5, 0.6) is 0 Å². The molecule has 24 heavy (non-hydrogen) atoms. The minimum Gasteiger partial charge on any atom is -0.468 e. The van der Waals surface area contributed by atoms with E-state index < -0.39 is 30.1 Å². The molecule has 1 aliphatic heterocycles. The number of imide groups is 1. The first-order valence-electron chi connectivity index (χ1n) is 8.51. The molecule has 0 aromatic heterocycles. The number of aliphatic hydroxyl groups is 1. The summed E-state index contributed by atoms with van der Waals surface area (Å²) in [5, 5.41) is 14.8. The predicted octanol–water partition coefficient (Wildman–Crippen LogP) is -0.000900. The van der Waals surface area contributed by atoms with Gasteiger partial charge in [-0.1, -0.05) is 19.8 Å². The number of aliphatic hydroxyl groups excluding tert-OH is 1. The zero-order chi connectivity index (χ0) is 17.7. The Morgan fingerprint density at radius 1 is 1.25 bits per heavy atom. The molecule has 3 amide bonds. The van der Waals surface area contributed by atoms with Crippen molar-refractivity contribution in [2.24, 2.45) is 5.92 Å². The molecule has 2 rings (SSSR count). The summed E-state index contributed by atoms with van der Waals surface area (Å²) >= 11 is 0. The van der Waals surface area contributed by atoms with Gasteiger partial charge in [-0.3, -0.25) is 19.8 Å². The highest BCUT2D eigenvalue weighted by molar-refractivity contribution is 5.95. The molecule has 136 valence electrons. The van der Waals surface area contributed by atoms with Gasteiger partial charge >= 0.3 is 12.0 Å². The van der Waals surface area contributed by atoms with Crippen LogP contribution in [0.25, 0.3) is 0 Å². The Morgan fingerprint density at radius 3 is 2.62 bits per heavy atom. The number of nitrogens with zero attached hydrogens (tertiary/aromatic N) is 1. The summed E-state index contributed by atoms with van der Waals surface area (Å²) in [5.41, 5.74) is 0. The molecule has 1 aliphatic carbocycles. The lowest BCUT2D eigenvalue weighted by molar-refractivity contribution is -0.146. The smallest absolute Gasteiger partial charge is 0.323 e. The number of rotatable bonds is 4. The minimum atomic E-state index is -0.682. The molecule has 8 heteroatoms. The van der Waals surface area contributed by atoms with Crippen molar-refractivity contribution in [2.45, 2.75) is 57.2 Å². The number of hydrogen-bond donors (Lipinski definition) is 3. The molecular weight excluding hydrogens is 314 g/mol. The third kappa shape index (κ3) is 4.91. The topological polar surface area (TPSA) is 108 Å². The number of likely N-dealkylation sites (tertiary alicyclic amines) is 1. The summed E-state index contributed by atoms with van der Waals surface area (Å²) in [6, 6.07) is -1.08. The lowest BCUT2D eigenvalue weighted by Crippen LogP contribution is -2.51. The van der Waals surface area contributed by atoms with Crippen molar-refractivity contribution >= 4 is 17.9 Å². The zero-order valence-electron chi connectivity index (χ0n) is 14.3. The van der Waals surface area contributed by atoms with Crippen molar-refractivity contribution in [3.8, 4) is 0 Å². The second-order valence-electron chi connectivity index (χ2n) is 6.75. The van der Waals surface area contributed by atoms with Crippen molar-refractivity contribution in [1.82, 2.24) is 15.5 Å². The second-order valence-corrected chi connectivity index (χ2v) is 6.75. The van der Waals surface area contributed by atoms with Gasteiger partial charge in [0.2, 0.25) is 5.91 Å². The third-order valence-corrected chi connectivity index (χ3v) is 4.88. The Labute approximate surface area is 141 Å². The molecule has 0 aromatic carbocycles. The van der Waals surface area contributed by atoms with Crippen molar-refractivity contribution in [2.75, 3.05) is 20.2 Å². The van der Waals surface area contributed by atoms with Crippen LogP contribution in [0.4, 0.5) is 4.79 Å². The van der Waals surface area contributed by atoms with Gasteiger partial charge in [0.1, 0.15) is 6.04 Å². The SMILES string of the molecule is COC(=O)[C@@H]1C[C@@H](O)CN1CC(=O)NC(=O)NC1CCCCC1C. The van der Waals surface area contributed by atoms with Crippen LogP contribution in [0.15, 0.2) is 0 Å². The van der Waals surface area contributed by atoms with Gasteiger partial charge in [-0.25, -0.2) is 4.79 Å². The van der Waals surface area contributed by atoms with Gasteiger partial charge in [0.15, 0.2) is 0 Å². The van der Waals surface area contributed by atoms with Gasteiger partial charge in [-0.15, -0.1) is 0 Å². The molecule has 2 fully saturated rings. The fraction of sp³-hybridized carbons (Fsp3) is 0.812. The first-order chi connectivity index (χ1) is 11.4. The largest absolute Gasteiger partial charge is 0.468 e. The Bertz CT molecular complexity index is 484. The molecule has 0 aromatic rings. The average Bonchev–Trinajstić information content (AvgIpc) is 2.89. The minimum absolute atomic E-state index is 0.0861. The molecule has 2 unspecified atom stereocenters. The van der Waals surface area contributed by atoms with Crippen LogP contribution in [-0.4, -0.2) is 66.3 Å². The maximum Gasteiger partial charge on any atom is 0.323 e. The molecule has 1 saturated carbocycles. The number of ether oxygens (including phenoxy) is 1. The molecule has 0 spiro atoms. The molecule has 1 heterocycles. The number of hydrogen-bond acceptors (Lipinski definition) is 6. The molecular formula is C16H27N3O5. The number of carbonyl (C=O) groups is 3. The van der Waals surface area contributed by atoms with E-state index in [9.17, 15) is 19.5 Å². The normalized spacial score (nSPS) is 30.6. The van der Waals surface area contributed by atoms with Crippen LogP contribution in [0.1, 0.15) is 39.0 Å². The lowest BCUT2D eigenvalue weighted by Gasteiger charge is -2.29. The van der Waals surface area contributed by atoms with Crippen LogP contribution < -0.4 is 10.6 Å². The molecule has 4 atom stereocenters. The van der Waals surface area contributed by atoms with E-state index in [0.29, 0.717) is 5.92 Å². The van der Waals surface area contributed by atoms with E-state index >= 15 is 0 Å². The summed E-state index contributed by atoms with van der Waals surface area (Å²) in [6.07, 6.45) is 3.79. The van der Waals surface area contributed by atoms with E-state index in [2.05, 4.69) is 22.3 Å². The monoisotopic (exact) mass is 341 g/mol. The maximum absolute atomic E-state index is 12.0. The van der Waals surface area contributed by atoms with Crippen molar-refractivity contribution < 1.29 is 24.2 Å². The van der Waals surface area contributed by atoms with Gasteiger partial charge in [0.25, 0.3) is 0 Å². The fourth-order valence-corrected chi connectivity index (χ4v) is 3.52. The van der Waals surface area contributed by atoms with Crippen molar-refractivity contribution in [3.05, 3.63) is 0 Å². The van der Waals surface area contributed by atoms with Gasteiger partial charge < -0.3 is 15.2 Å². The maximum atomic E-state index is 12.0. The molecule has 2 aliphatic rings. The van der Waals surface area contributed by atoms with Crippen LogP contribution in [-0.2, 0) is 14.3 Å². The van der Waals surface area contributed by atoms with Crippen molar-refractivity contribution in [3.63, 3.8) is 0 Å². The standard InChI is InChI=1S/C16H27N3O5/c1-10-5-3-4-6-12(10)17-16(23)18-14(21)9-19-8-11(20)7-13(19)15(22)24-2/h10-13,20H,3-9H2,1-2H3,(H2,17,18,21,23)/t10?,11-,12?,13+/m1/s1. The molecule has 1 saturated heterocycles. The number of β-amino-alcohol motifs (C(OH)–C–C–N with tert-alkyl or cyclic N) is 1. The van der Waals surface area contributed by atoms with Gasteiger partial charge in [-0.2, -0.15) is 0 Å². The van der Waals surface area contributed by atoms with Gasteiger partial charge in [0, 0.05) is 19.0 Å². The molecule has 0 bridgehead atoms. The van der Waals surface area contributed by atoms with E-state index in [1.807, 2.05) is 0 Å². The number of urea groups is 1. The highest BCUT2D eigenvalue weighted by Gasteiger charge is 2.37. The quantitative estimate of drug-likeness (QED) is 0.621. The lowest BCUT2D eigenvalue weighted by atomic mass is 9.86. The van der Waals surface area contributed by atoms with Crippen LogP contribution >= 0.6 is 0 Å². The zero-order valence-corrected chi connectivity index (χ0v) is 14.3. The number of esters is 1. The summed E-state index contributed by atoms with van der Waals surface area (Å²) in [6.45, 7) is 2.16. The first kappa shape index (κ1) is 18.7. The van der Waals surface area contributed by atoms with Crippen LogP contribution in [0.3, 0.4) is 0 Å². The number of carbonyl (C=O) groups excluding carboxylic acids is 3. The first-order valence-corrected chi connectivity index (χ1v) is 8.51. The highest BCUT2D eigenvalue weighted by atomic mass is 16.5. The van der Waals surface area contributed by atoms with E-state index in [1.165, 1.54) is 18.4 Å². The Balaban J connectivity index is 1.81. The molecule has 0 radical (unpaired) electrons. The Kier molecular flexibility index (Phi) is 6.56. The Hall–Kier alpha value is -1.67. The summed E-state index contributed by atoms with van der Waals surface area (Å²) in [4.78, 5) is 37.2. The summed E-state index contributed by atoms with van der Waals surface area (Å²) < 4.78 is 4.68. The van der Waals surface area contributed by atoms with E-state index in [1.54, 1.807) is 0 Å². The van der Waals surface area contributed by atoms with Crippen molar-refractivity contribution in [1.29, 1.82) is 0 Å². The summed E-state index contributed by atoms with van der Waals surface area (Å²) in [7, 11) is 1.27. The fourth-order valence-electron chi connectivity index (χ4n) is 3.52. The molecule has 3 N–H and O–H groups in total. The Morgan fingerprint density at radius 2 is 1.96 bits per heavy atom. The van der Waals surface area contributed by atoms with Crippen LogP contribution in [0, 0.1) is 5.92 Å². The third-order valence-electron chi connectivity index (χ3n) is 4.88. The average molecular weight is 341 g/mol. The number of nitrogens with one attached hydrogen (secondary N) is 2. The van der Waals surface area contributed by atoms with E-state index in [4.69, 9.17) is 0 Å². The van der Waals surface area contributed by atoms with Gasteiger partial charge in [0.05, 0.1) is 19.8 Å². The molecule has 8 nitrogen and oxygen atoms in total. The number of amides is 3.